The number of hydrogen-bond donors (Lipinski definition) is 13. The first kappa shape index (κ1) is 59.7. The molecule has 1 heterocycles. The molecule has 1 saturated heterocycles. The van der Waals surface area contributed by atoms with Crippen LogP contribution in [-0.4, -0.2) is 143 Å². The number of benzene rings is 2. The summed E-state index contributed by atoms with van der Waals surface area (Å²) in [6.07, 6.45) is 1.50. The predicted octanol–water partition coefficient (Wildman–Crippen LogP) is -1.32. The first-order valence-electron chi connectivity index (χ1n) is 24.0. The van der Waals surface area contributed by atoms with Crippen molar-refractivity contribution in [1.29, 1.82) is 0 Å². The number of primary amides is 1. The van der Waals surface area contributed by atoms with Crippen LogP contribution in [0.2, 0.25) is 0 Å². The number of aliphatic imine (C=N–C) groups is 1. The Bertz CT molecular complexity index is 2200. The lowest BCUT2D eigenvalue weighted by atomic mass is 9.95. The number of thiol groups is 2. The number of rotatable bonds is 29. The zero-order chi connectivity index (χ0) is 53.5. The molecule has 0 saturated carbocycles. The molecule has 3 rings (SSSR count). The molecule has 0 aromatic heterocycles. The molecule has 1 aliphatic heterocycles. The second-order valence-corrected chi connectivity index (χ2v) is 18.8. The van der Waals surface area contributed by atoms with Gasteiger partial charge in [-0.2, -0.15) is 25.3 Å². The first-order valence-corrected chi connectivity index (χ1v) is 25.2. The Hall–Kier alpha value is -6.56. The van der Waals surface area contributed by atoms with E-state index >= 15 is 0 Å². The van der Waals surface area contributed by atoms with Crippen molar-refractivity contribution in [3.63, 3.8) is 0 Å². The van der Waals surface area contributed by atoms with E-state index in [4.69, 9.17) is 17.2 Å². The summed E-state index contributed by atoms with van der Waals surface area (Å²) in [5.41, 5.74) is 17.3. The van der Waals surface area contributed by atoms with Gasteiger partial charge in [0.1, 0.15) is 48.0 Å². The number of phenols is 1. The zero-order valence-corrected chi connectivity index (χ0v) is 43.0. The van der Waals surface area contributed by atoms with E-state index < -0.39 is 114 Å². The smallest absolute Gasteiger partial charge is 0.246 e. The van der Waals surface area contributed by atoms with Gasteiger partial charge in [0.15, 0.2) is 5.96 Å². The Balaban J connectivity index is 1.81. The first-order chi connectivity index (χ1) is 34.2. The van der Waals surface area contributed by atoms with Crippen LogP contribution in [0.1, 0.15) is 77.3 Å². The summed E-state index contributed by atoms with van der Waals surface area (Å²) in [4.78, 5) is 127. The number of carbonyl (C=O) groups excluding carboxylic acids is 9. The van der Waals surface area contributed by atoms with Crippen molar-refractivity contribution in [2.75, 3.05) is 31.1 Å². The maximum Gasteiger partial charge on any atom is 0.246 e. The Kier molecular flexibility index (Phi) is 25.2. The lowest BCUT2D eigenvalue weighted by Crippen LogP contribution is -2.62. The molecule has 0 spiro atoms. The monoisotopic (exact) mass is 1040 g/mol. The number of aromatic hydroxyl groups is 1. The fraction of sp³-hybridized carbons (Fsp3) is 0.542. The molecule has 22 nitrogen and oxygen atoms in total. The largest absolute Gasteiger partial charge is 0.508 e. The van der Waals surface area contributed by atoms with Crippen LogP contribution in [0.4, 0.5) is 0 Å². The van der Waals surface area contributed by atoms with Crippen LogP contribution < -0.4 is 54.4 Å². The number of phenolic OH excluding ortho intramolecular Hbond substituents is 1. The highest BCUT2D eigenvalue weighted by atomic mass is 32.1. The summed E-state index contributed by atoms with van der Waals surface area (Å²) >= 11 is 8.49. The van der Waals surface area contributed by atoms with Gasteiger partial charge in [0.2, 0.25) is 53.2 Å². The van der Waals surface area contributed by atoms with E-state index in [1.807, 2.05) is 6.92 Å². The van der Waals surface area contributed by atoms with E-state index in [9.17, 15) is 48.3 Å². The van der Waals surface area contributed by atoms with Crippen molar-refractivity contribution in [2.24, 2.45) is 34.0 Å². The van der Waals surface area contributed by atoms with Gasteiger partial charge in [-0.3, -0.25) is 48.1 Å². The van der Waals surface area contributed by atoms with Crippen molar-refractivity contribution < 1.29 is 48.3 Å². The Labute approximate surface area is 431 Å². The Morgan fingerprint density at radius 2 is 1.31 bits per heavy atom. The summed E-state index contributed by atoms with van der Waals surface area (Å²) in [5.74, 6) is -7.16. The molecule has 0 radical (unpaired) electrons. The summed E-state index contributed by atoms with van der Waals surface area (Å²) in [6, 6.07) is 6.74. The zero-order valence-electron chi connectivity index (χ0n) is 41.2. The van der Waals surface area contributed by atoms with Gasteiger partial charge in [-0.05, 0) is 66.5 Å². The molecule has 24 heteroatoms. The second kappa shape index (κ2) is 30.4. The second-order valence-electron chi connectivity index (χ2n) is 17.9. The maximum absolute atomic E-state index is 14.3. The van der Waals surface area contributed by atoms with Gasteiger partial charge in [-0.25, -0.2) is 0 Å². The number of guanidine groups is 1. The molecule has 2 aromatic carbocycles. The highest BCUT2D eigenvalue weighted by Gasteiger charge is 2.40. The molecule has 14 N–H and O–H groups in total. The van der Waals surface area contributed by atoms with E-state index in [1.54, 1.807) is 63.2 Å². The highest BCUT2D eigenvalue weighted by molar-refractivity contribution is 7.80. The Morgan fingerprint density at radius 3 is 1.89 bits per heavy atom. The van der Waals surface area contributed by atoms with Gasteiger partial charge < -0.3 is 64.4 Å². The van der Waals surface area contributed by atoms with Crippen LogP contribution >= 0.6 is 25.3 Å². The molecule has 72 heavy (non-hydrogen) atoms. The number of likely N-dealkylation sites (tertiary alicyclic amines) is 1. The lowest BCUT2D eigenvalue weighted by molar-refractivity contribution is -0.142. The normalized spacial score (nSPS) is 16.0. The molecular formula is C48H72N12O10S2. The molecule has 2 aromatic rings. The Morgan fingerprint density at radius 1 is 0.722 bits per heavy atom. The third-order valence-electron chi connectivity index (χ3n) is 12.0. The van der Waals surface area contributed by atoms with Crippen LogP contribution in [0.5, 0.6) is 5.75 Å². The lowest BCUT2D eigenvalue weighted by Gasteiger charge is -2.32. The molecule has 396 valence electrons. The van der Waals surface area contributed by atoms with Gasteiger partial charge in [0.25, 0.3) is 0 Å². The molecule has 1 fully saturated rings. The number of nitrogens with two attached hydrogens (primary N) is 3. The standard InChI is InChI=1S/C48H72N12O10S2/c1-5-28(4)40(46(69)57-35(26-72)47(70)60-21-10-14-36(60)44(67)55-32(13-9-20-52-48(50)51)41(64)53-25-37(49)62)59-45(68)39(27(2)3)58-43(66)34(23-29-11-7-6-8-12-29)56-42(65)33(54-38(63)19-22-71)24-30-15-17-31(61)18-16-30/h6-8,11-12,15-18,27-28,32-36,39-40,61,71-72H,5,9-10,13-14,19-26H2,1-4H3,(H2,49,62)(H,53,64)(H,54,63)(H,55,67)(H,56,65)(H,57,69)(H,58,66)(H,59,68)(H4,50,51,52)/t28-,32+,33-,34-,35-,36-,39-,40-/m0/s1. The van der Waals surface area contributed by atoms with Crippen LogP contribution in [-0.2, 0) is 56.0 Å². The molecule has 8 atom stereocenters. The van der Waals surface area contributed by atoms with Crippen molar-refractivity contribution in [3.8, 4) is 5.75 Å². The average molecular weight is 1040 g/mol. The molecule has 0 bridgehead atoms. The quantitative estimate of drug-likeness (QED) is 0.0196. The number of nitrogens with one attached hydrogen (secondary N) is 7. The van der Waals surface area contributed by atoms with E-state index in [1.165, 1.54) is 17.0 Å². The molecule has 9 amide bonds. The van der Waals surface area contributed by atoms with Gasteiger partial charge in [0.05, 0.1) is 6.54 Å². The highest BCUT2D eigenvalue weighted by Crippen LogP contribution is 2.21. The SMILES string of the molecule is CC[C@H](C)[C@H](NC(=O)[C@@H](NC(=O)[C@H](Cc1ccccc1)NC(=O)[C@H](Cc1ccc(O)cc1)NC(=O)CCS)C(C)C)C(=O)N[C@@H](CS)C(=O)N1CCC[C@H]1C(=O)N[C@H](CCCN=C(N)N)C(=O)NCC(N)=O. The van der Waals surface area contributed by atoms with Crippen molar-refractivity contribution in [3.05, 3.63) is 65.7 Å². The topological polar surface area (TPSA) is 352 Å². The van der Waals surface area contributed by atoms with E-state index in [2.05, 4.69) is 67.5 Å². The van der Waals surface area contributed by atoms with Gasteiger partial charge in [-0.1, -0.05) is 76.6 Å². The average Bonchev–Trinajstić information content (AvgIpc) is 3.84. The number of carbonyl (C=O) groups is 9. The summed E-state index contributed by atoms with van der Waals surface area (Å²) < 4.78 is 0. The summed E-state index contributed by atoms with van der Waals surface area (Å²) in [7, 11) is 0. The maximum atomic E-state index is 14.3. The summed E-state index contributed by atoms with van der Waals surface area (Å²) in [6.45, 7) is 6.76. The van der Waals surface area contributed by atoms with E-state index in [-0.39, 0.29) is 74.8 Å². The minimum atomic E-state index is -1.25. The van der Waals surface area contributed by atoms with Crippen LogP contribution in [0, 0.1) is 11.8 Å². The van der Waals surface area contributed by atoms with Crippen LogP contribution in [0.25, 0.3) is 0 Å². The molecule has 0 unspecified atom stereocenters. The van der Waals surface area contributed by atoms with Crippen LogP contribution in [0.3, 0.4) is 0 Å². The van der Waals surface area contributed by atoms with Crippen molar-refractivity contribution in [2.45, 2.75) is 121 Å². The number of hydrogen-bond acceptors (Lipinski definition) is 13. The van der Waals surface area contributed by atoms with Crippen LogP contribution in [0.15, 0.2) is 59.6 Å². The minimum absolute atomic E-state index is 0.00547. The van der Waals surface area contributed by atoms with Gasteiger partial charge >= 0.3 is 0 Å². The van der Waals surface area contributed by atoms with E-state index in [0.717, 1.165) is 0 Å². The molecular weight excluding hydrogens is 969 g/mol. The van der Waals surface area contributed by atoms with Crippen molar-refractivity contribution in [1.82, 2.24) is 42.1 Å². The molecule has 1 aliphatic rings. The number of nitrogens with zero attached hydrogens (tertiary/aromatic N) is 2. The fourth-order valence-electron chi connectivity index (χ4n) is 7.80. The third-order valence-corrected chi connectivity index (χ3v) is 12.6. The summed E-state index contributed by atoms with van der Waals surface area (Å²) in [5, 5.41) is 28.6. The molecule has 0 aliphatic carbocycles. The number of amides is 9. The van der Waals surface area contributed by atoms with Crippen molar-refractivity contribution >= 4 is 84.4 Å². The minimum Gasteiger partial charge on any atom is -0.508 e. The van der Waals surface area contributed by atoms with Gasteiger partial charge in [-0.15, -0.1) is 0 Å². The predicted molar refractivity (Wildman–Crippen MR) is 277 cm³/mol. The third kappa shape index (κ3) is 19.6. The van der Waals surface area contributed by atoms with Gasteiger partial charge in [0, 0.05) is 38.1 Å². The van der Waals surface area contributed by atoms with E-state index in [0.29, 0.717) is 24.0 Å². The fourth-order valence-corrected chi connectivity index (χ4v) is 8.25.